The van der Waals surface area contributed by atoms with Gasteiger partial charge in [0.25, 0.3) is 5.91 Å². The van der Waals surface area contributed by atoms with Gasteiger partial charge in [0.1, 0.15) is 15.9 Å². The average molecular weight is 290 g/mol. The van der Waals surface area contributed by atoms with Crippen LogP contribution in [0.15, 0.2) is 22.6 Å². The summed E-state index contributed by atoms with van der Waals surface area (Å²) in [6.07, 6.45) is 1.57. The number of hydrazone groups is 1. The zero-order valence-corrected chi connectivity index (χ0v) is 11.6. The van der Waals surface area contributed by atoms with Crippen molar-refractivity contribution in [1.29, 1.82) is 5.26 Å². The molecular formula is C12H10N4OS2. The fourth-order valence-electron chi connectivity index (χ4n) is 1.46. The van der Waals surface area contributed by atoms with Crippen LogP contribution in [0, 0.1) is 18.3 Å². The van der Waals surface area contributed by atoms with E-state index in [0.29, 0.717) is 21.0 Å². The smallest absolute Gasteiger partial charge is 0.281 e. The third kappa shape index (κ3) is 2.81. The molecule has 2 aromatic rings. The summed E-state index contributed by atoms with van der Waals surface area (Å²) in [5, 5.41) is 15.1. The summed E-state index contributed by atoms with van der Waals surface area (Å²) in [5.74, 6) is -0.358. The Kier molecular flexibility index (Phi) is 3.94. The second-order valence-electron chi connectivity index (χ2n) is 3.62. The van der Waals surface area contributed by atoms with E-state index >= 15 is 0 Å². The van der Waals surface area contributed by atoms with Gasteiger partial charge in [-0.05, 0) is 23.9 Å². The van der Waals surface area contributed by atoms with Crippen molar-refractivity contribution >= 4 is 39.8 Å². The van der Waals surface area contributed by atoms with Crippen LogP contribution in [-0.4, -0.2) is 12.1 Å². The van der Waals surface area contributed by atoms with Crippen LogP contribution in [0.25, 0.3) is 0 Å². The zero-order chi connectivity index (χ0) is 13.8. The Hall–Kier alpha value is -2.17. The Labute approximate surface area is 118 Å². The van der Waals surface area contributed by atoms with E-state index in [0.717, 1.165) is 16.2 Å². The lowest BCUT2D eigenvalue weighted by Crippen LogP contribution is -2.17. The Balaban J connectivity index is 2.11. The molecule has 0 saturated carbocycles. The molecule has 0 saturated heterocycles. The highest BCUT2D eigenvalue weighted by atomic mass is 32.1. The molecule has 0 radical (unpaired) electrons. The third-order valence-corrected chi connectivity index (χ3v) is 4.32. The molecule has 96 valence electrons. The first-order valence-electron chi connectivity index (χ1n) is 5.29. The summed E-state index contributed by atoms with van der Waals surface area (Å²) in [6, 6.07) is 5.78. The summed E-state index contributed by atoms with van der Waals surface area (Å²) in [7, 11) is 0. The van der Waals surface area contributed by atoms with Gasteiger partial charge in [0.05, 0.1) is 11.8 Å². The maximum absolute atomic E-state index is 11.9. The molecule has 2 rings (SSSR count). The van der Waals surface area contributed by atoms with Crippen molar-refractivity contribution in [3.8, 4) is 6.07 Å². The Morgan fingerprint density at radius 2 is 2.42 bits per heavy atom. The van der Waals surface area contributed by atoms with Crippen LogP contribution in [0.1, 0.15) is 25.7 Å². The van der Waals surface area contributed by atoms with E-state index in [1.807, 2.05) is 23.6 Å². The molecule has 0 atom stereocenters. The highest BCUT2D eigenvalue weighted by molar-refractivity contribution is 7.18. The van der Waals surface area contributed by atoms with Crippen molar-refractivity contribution in [2.75, 3.05) is 5.73 Å². The molecule has 1 amide bonds. The molecule has 0 fully saturated rings. The van der Waals surface area contributed by atoms with Crippen molar-refractivity contribution in [2.24, 2.45) is 5.10 Å². The topological polar surface area (TPSA) is 91.3 Å². The number of nitrogens with one attached hydrogen (secondary N) is 1. The molecule has 19 heavy (non-hydrogen) atoms. The molecule has 2 heterocycles. The molecule has 3 N–H and O–H groups in total. The maximum Gasteiger partial charge on any atom is 0.281 e. The lowest BCUT2D eigenvalue weighted by Gasteiger charge is -1.97. The number of thiophene rings is 2. The van der Waals surface area contributed by atoms with Gasteiger partial charge in [-0.1, -0.05) is 6.07 Å². The standard InChI is InChI=1S/C12H10N4OS2/c1-7-9(5-13)11(14)19-10(7)12(17)16-15-6-8-3-2-4-18-8/h2-4,6H,14H2,1H3,(H,16,17). The van der Waals surface area contributed by atoms with Gasteiger partial charge in [-0.2, -0.15) is 10.4 Å². The number of carbonyl (C=O) groups excluding carboxylic acids is 1. The lowest BCUT2D eigenvalue weighted by molar-refractivity contribution is 0.0958. The number of rotatable bonds is 3. The predicted molar refractivity (Wildman–Crippen MR) is 77.6 cm³/mol. The fourth-order valence-corrected chi connectivity index (χ4v) is 2.96. The van der Waals surface area contributed by atoms with Crippen LogP contribution in [0.3, 0.4) is 0 Å². The molecule has 0 unspecified atom stereocenters. The van der Waals surface area contributed by atoms with Crippen molar-refractivity contribution in [3.63, 3.8) is 0 Å². The first-order valence-corrected chi connectivity index (χ1v) is 6.99. The monoisotopic (exact) mass is 290 g/mol. The van der Waals surface area contributed by atoms with Crippen molar-refractivity contribution in [2.45, 2.75) is 6.92 Å². The van der Waals surface area contributed by atoms with E-state index in [9.17, 15) is 4.79 Å². The second-order valence-corrected chi connectivity index (χ2v) is 5.65. The van der Waals surface area contributed by atoms with Gasteiger partial charge in [-0.3, -0.25) is 4.79 Å². The van der Waals surface area contributed by atoms with E-state index < -0.39 is 0 Å². The number of hydrogen-bond donors (Lipinski definition) is 2. The number of nitriles is 1. The Morgan fingerprint density at radius 1 is 1.63 bits per heavy atom. The van der Waals surface area contributed by atoms with Crippen LogP contribution in [0.2, 0.25) is 0 Å². The molecule has 5 nitrogen and oxygen atoms in total. The highest BCUT2D eigenvalue weighted by Gasteiger charge is 2.17. The normalized spacial score (nSPS) is 10.5. The van der Waals surface area contributed by atoms with Crippen molar-refractivity contribution in [1.82, 2.24) is 5.43 Å². The molecule has 2 aromatic heterocycles. The second kappa shape index (κ2) is 5.65. The molecule has 0 aliphatic heterocycles. The van der Waals surface area contributed by atoms with Gasteiger partial charge in [-0.15, -0.1) is 22.7 Å². The first kappa shape index (κ1) is 13.3. The van der Waals surface area contributed by atoms with Crippen LogP contribution in [-0.2, 0) is 0 Å². The minimum absolute atomic E-state index is 0.354. The number of amides is 1. The molecule has 0 aliphatic carbocycles. The van der Waals surface area contributed by atoms with Gasteiger partial charge in [-0.25, -0.2) is 5.43 Å². The summed E-state index contributed by atoms with van der Waals surface area (Å²) in [6.45, 7) is 1.70. The SMILES string of the molecule is Cc1c(C(=O)NN=Cc2cccs2)sc(N)c1C#N. The average Bonchev–Trinajstić information content (AvgIpc) is 2.98. The van der Waals surface area contributed by atoms with E-state index in [4.69, 9.17) is 11.0 Å². The maximum atomic E-state index is 11.9. The summed E-state index contributed by atoms with van der Waals surface area (Å²) >= 11 is 2.62. The first-order chi connectivity index (χ1) is 9.13. The Morgan fingerprint density at radius 3 is 3.00 bits per heavy atom. The minimum Gasteiger partial charge on any atom is -0.389 e. The van der Waals surface area contributed by atoms with Crippen LogP contribution in [0.4, 0.5) is 5.00 Å². The third-order valence-electron chi connectivity index (χ3n) is 2.39. The van der Waals surface area contributed by atoms with E-state index in [2.05, 4.69) is 10.5 Å². The molecule has 7 heteroatoms. The van der Waals surface area contributed by atoms with Gasteiger partial charge in [0.2, 0.25) is 0 Å². The molecular weight excluding hydrogens is 280 g/mol. The van der Waals surface area contributed by atoms with Crippen LogP contribution < -0.4 is 11.2 Å². The van der Waals surface area contributed by atoms with E-state index in [1.54, 1.807) is 13.1 Å². The van der Waals surface area contributed by atoms with Gasteiger partial charge >= 0.3 is 0 Å². The van der Waals surface area contributed by atoms with Crippen molar-refractivity contribution in [3.05, 3.63) is 38.4 Å². The zero-order valence-electron chi connectivity index (χ0n) is 10.0. The van der Waals surface area contributed by atoms with Gasteiger partial charge in [0, 0.05) is 4.88 Å². The summed E-state index contributed by atoms with van der Waals surface area (Å²) < 4.78 is 0. The van der Waals surface area contributed by atoms with Crippen molar-refractivity contribution < 1.29 is 4.79 Å². The predicted octanol–water partition coefficient (Wildman–Crippen LogP) is 2.34. The van der Waals surface area contributed by atoms with Crippen LogP contribution in [0.5, 0.6) is 0 Å². The number of carbonyl (C=O) groups is 1. The molecule has 0 spiro atoms. The molecule has 0 aliphatic rings. The number of hydrogen-bond acceptors (Lipinski definition) is 6. The number of anilines is 1. The number of nitrogen functional groups attached to an aromatic ring is 1. The van der Waals surface area contributed by atoms with Gasteiger partial charge in [0.15, 0.2) is 0 Å². The Bertz CT molecular complexity index is 665. The largest absolute Gasteiger partial charge is 0.389 e. The summed E-state index contributed by atoms with van der Waals surface area (Å²) in [5.41, 5.74) is 9.05. The number of nitrogens with two attached hydrogens (primary N) is 1. The number of nitrogens with zero attached hydrogens (tertiary/aromatic N) is 2. The molecule has 0 aromatic carbocycles. The van der Waals surface area contributed by atoms with Gasteiger partial charge < -0.3 is 5.73 Å². The fraction of sp³-hybridized carbons (Fsp3) is 0.0833. The molecule has 0 bridgehead atoms. The quantitative estimate of drug-likeness (QED) is 0.671. The van der Waals surface area contributed by atoms with E-state index in [-0.39, 0.29) is 5.91 Å². The summed E-state index contributed by atoms with van der Waals surface area (Å²) in [4.78, 5) is 13.3. The lowest BCUT2D eigenvalue weighted by atomic mass is 10.2. The van der Waals surface area contributed by atoms with E-state index in [1.165, 1.54) is 11.3 Å². The highest BCUT2D eigenvalue weighted by Crippen LogP contribution is 2.29. The minimum atomic E-state index is -0.358. The van der Waals surface area contributed by atoms with Crippen LogP contribution >= 0.6 is 22.7 Å².